The fraction of sp³-hybridized carbons (Fsp3) is 0.593. The van der Waals surface area contributed by atoms with Crippen molar-refractivity contribution >= 4 is 11.8 Å². The predicted molar refractivity (Wildman–Crippen MR) is 134 cm³/mol. The number of carbonyl (C=O) groups excluding carboxylic acids is 2. The molecule has 0 N–H and O–H groups in total. The van der Waals surface area contributed by atoms with Gasteiger partial charge in [0.15, 0.2) is 11.5 Å². The van der Waals surface area contributed by atoms with Crippen LogP contribution < -0.4 is 4.74 Å². The molecule has 2 aliphatic rings. The second kappa shape index (κ2) is 11.7. The summed E-state index contributed by atoms with van der Waals surface area (Å²) >= 11 is 0. The molecule has 0 bridgehead atoms. The average molecular weight is 483 g/mol. The van der Waals surface area contributed by atoms with Crippen LogP contribution in [0.5, 0.6) is 5.75 Å². The normalized spacial score (nSPS) is 17.2. The van der Waals surface area contributed by atoms with Gasteiger partial charge < -0.3 is 19.1 Å². The molecule has 1 saturated heterocycles. The van der Waals surface area contributed by atoms with Crippen LogP contribution in [-0.4, -0.2) is 84.1 Å². The third-order valence-electron chi connectivity index (χ3n) is 7.06. The Morgan fingerprint density at radius 2 is 1.89 bits per heavy atom. The average Bonchev–Trinajstić information content (AvgIpc) is 3.59. The van der Waals surface area contributed by atoms with Gasteiger partial charge in [0.2, 0.25) is 5.91 Å². The van der Waals surface area contributed by atoms with E-state index in [1.54, 1.807) is 18.1 Å². The third-order valence-corrected chi connectivity index (χ3v) is 7.06. The van der Waals surface area contributed by atoms with Crippen molar-refractivity contribution in [1.29, 1.82) is 0 Å². The molecule has 2 aromatic rings. The Morgan fingerprint density at radius 1 is 1.14 bits per heavy atom. The molecule has 1 aliphatic heterocycles. The van der Waals surface area contributed by atoms with E-state index in [0.717, 1.165) is 31.7 Å². The van der Waals surface area contributed by atoms with Crippen molar-refractivity contribution in [1.82, 2.24) is 19.9 Å². The molecule has 1 aromatic heterocycles. The molecule has 8 nitrogen and oxygen atoms in total. The van der Waals surface area contributed by atoms with Crippen LogP contribution in [0.4, 0.5) is 0 Å². The fourth-order valence-corrected chi connectivity index (χ4v) is 5.16. The number of aromatic nitrogens is 1. The molecular weight excluding hydrogens is 444 g/mol. The summed E-state index contributed by atoms with van der Waals surface area (Å²) in [5.41, 5.74) is 1.04. The van der Waals surface area contributed by atoms with Crippen molar-refractivity contribution in [2.24, 2.45) is 5.92 Å². The van der Waals surface area contributed by atoms with Crippen molar-refractivity contribution in [2.45, 2.75) is 52.0 Å². The molecule has 0 unspecified atom stereocenters. The first-order valence-electron chi connectivity index (χ1n) is 12.9. The molecule has 2 fully saturated rings. The lowest BCUT2D eigenvalue weighted by atomic mass is 10.1. The number of methoxy groups -OCH3 is 1. The second-order valence-corrected chi connectivity index (χ2v) is 10.1. The maximum Gasteiger partial charge on any atom is 0.276 e. The summed E-state index contributed by atoms with van der Waals surface area (Å²) in [5.74, 6) is 1.39. The number of carbonyl (C=O) groups is 2. The lowest BCUT2D eigenvalue weighted by Crippen LogP contribution is -2.51. The molecule has 0 spiro atoms. The van der Waals surface area contributed by atoms with Crippen LogP contribution in [0.1, 0.15) is 56.4 Å². The van der Waals surface area contributed by atoms with Gasteiger partial charge in [-0.3, -0.25) is 14.5 Å². The fourth-order valence-electron chi connectivity index (χ4n) is 5.16. The monoisotopic (exact) mass is 482 g/mol. The summed E-state index contributed by atoms with van der Waals surface area (Å²) in [6.07, 6.45) is 5.57. The number of hydrogen-bond acceptors (Lipinski definition) is 6. The molecule has 2 heterocycles. The number of rotatable bonds is 9. The topological polar surface area (TPSA) is 79.1 Å². The number of piperazine rings is 1. The smallest absolute Gasteiger partial charge is 0.276 e. The van der Waals surface area contributed by atoms with Crippen molar-refractivity contribution in [3.63, 3.8) is 0 Å². The first-order chi connectivity index (χ1) is 16.9. The number of benzene rings is 1. The van der Waals surface area contributed by atoms with Gasteiger partial charge in [0.05, 0.1) is 7.11 Å². The van der Waals surface area contributed by atoms with E-state index in [9.17, 15) is 9.59 Å². The first-order valence-corrected chi connectivity index (χ1v) is 12.9. The summed E-state index contributed by atoms with van der Waals surface area (Å²) in [6.45, 7) is 8.53. The van der Waals surface area contributed by atoms with Gasteiger partial charge in [0, 0.05) is 63.4 Å². The Hall–Kier alpha value is -2.87. The zero-order valence-corrected chi connectivity index (χ0v) is 21.2. The highest BCUT2D eigenvalue weighted by Crippen LogP contribution is 2.26. The Bertz CT molecular complexity index is 991. The molecule has 0 atom stereocenters. The number of ether oxygens (including phenoxy) is 1. The van der Waals surface area contributed by atoms with E-state index in [-0.39, 0.29) is 23.4 Å². The molecule has 190 valence electrons. The largest absolute Gasteiger partial charge is 0.497 e. The highest BCUT2D eigenvalue weighted by atomic mass is 16.5. The minimum absolute atomic E-state index is 0.120. The lowest BCUT2D eigenvalue weighted by molar-refractivity contribution is -0.133. The van der Waals surface area contributed by atoms with E-state index in [1.165, 1.54) is 25.7 Å². The van der Waals surface area contributed by atoms with Gasteiger partial charge in [-0.1, -0.05) is 44.0 Å². The van der Waals surface area contributed by atoms with Crippen LogP contribution in [0.15, 0.2) is 34.9 Å². The maximum atomic E-state index is 13.3. The van der Waals surface area contributed by atoms with E-state index >= 15 is 0 Å². The van der Waals surface area contributed by atoms with Gasteiger partial charge in [0.1, 0.15) is 5.75 Å². The Kier molecular flexibility index (Phi) is 8.44. The molecule has 1 aromatic carbocycles. The summed E-state index contributed by atoms with van der Waals surface area (Å²) in [5, 5.41) is 4.03. The van der Waals surface area contributed by atoms with Crippen LogP contribution in [-0.2, 0) is 4.79 Å². The minimum Gasteiger partial charge on any atom is -0.497 e. The summed E-state index contributed by atoms with van der Waals surface area (Å²) < 4.78 is 10.7. The van der Waals surface area contributed by atoms with Crippen molar-refractivity contribution in [3.05, 3.63) is 36.0 Å². The second-order valence-electron chi connectivity index (χ2n) is 10.1. The van der Waals surface area contributed by atoms with Crippen LogP contribution in [0.25, 0.3) is 11.3 Å². The van der Waals surface area contributed by atoms with Gasteiger partial charge in [-0.05, 0) is 30.9 Å². The summed E-state index contributed by atoms with van der Waals surface area (Å²) in [7, 11) is 1.61. The zero-order valence-electron chi connectivity index (χ0n) is 21.2. The van der Waals surface area contributed by atoms with Gasteiger partial charge in [0.25, 0.3) is 5.91 Å². The van der Waals surface area contributed by atoms with Crippen molar-refractivity contribution in [3.8, 4) is 17.1 Å². The van der Waals surface area contributed by atoms with E-state index in [1.807, 2.05) is 29.2 Å². The van der Waals surface area contributed by atoms with E-state index in [2.05, 4.69) is 23.9 Å². The summed E-state index contributed by atoms with van der Waals surface area (Å²) in [4.78, 5) is 32.5. The lowest BCUT2D eigenvalue weighted by Gasteiger charge is -2.38. The van der Waals surface area contributed by atoms with Gasteiger partial charge in [-0.15, -0.1) is 0 Å². The molecule has 1 aliphatic carbocycles. The highest BCUT2D eigenvalue weighted by molar-refractivity contribution is 5.93. The quantitative estimate of drug-likeness (QED) is 0.539. The molecular formula is C27H38N4O4. The third kappa shape index (κ3) is 6.42. The standard InChI is InChI=1S/C27H38N4O4/c1-20(2)19-31(12-11-26(32)30-15-13-29(14-16-30)22-8-4-5-9-22)27(33)24-18-25(35-28-24)21-7-6-10-23(17-21)34-3/h6-7,10,17-18,20,22H,4-5,8-9,11-16,19H2,1-3H3. The van der Waals surface area contributed by atoms with Crippen LogP contribution in [0, 0.1) is 5.92 Å². The molecule has 35 heavy (non-hydrogen) atoms. The van der Waals surface area contributed by atoms with Crippen molar-refractivity contribution in [2.75, 3.05) is 46.4 Å². The van der Waals surface area contributed by atoms with Gasteiger partial charge in [-0.25, -0.2) is 0 Å². The van der Waals surface area contributed by atoms with Gasteiger partial charge in [-0.2, -0.15) is 0 Å². The molecule has 1 saturated carbocycles. The van der Waals surface area contributed by atoms with Gasteiger partial charge >= 0.3 is 0 Å². The highest BCUT2D eigenvalue weighted by Gasteiger charge is 2.28. The van der Waals surface area contributed by atoms with Crippen LogP contribution >= 0.6 is 0 Å². The van der Waals surface area contributed by atoms with E-state index in [0.29, 0.717) is 37.1 Å². The Labute approximate surface area is 208 Å². The minimum atomic E-state index is -0.213. The van der Waals surface area contributed by atoms with E-state index in [4.69, 9.17) is 9.26 Å². The first kappa shape index (κ1) is 25.2. The van der Waals surface area contributed by atoms with E-state index < -0.39 is 0 Å². The number of amides is 2. The summed E-state index contributed by atoms with van der Waals surface area (Å²) in [6, 6.07) is 9.80. The maximum absolute atomic E-state index is 13.3. The zero-order chi connectivity index (χ0) is 24.8. The molecule has 2 amide bonds. The number of nitrogens with zero attached hydrogens (tertiary/aromatic N) is 4. The predicted octanol–water partition coefficient (Wildman–Crippen LogP) is 3.93. The molecule has 4 rings (SSSR count). The SMILES string of the molecule is COc1cccc(-c2cc(C(=O)N(CCC(=O)N3CCN(C4CCCC4)CC3)CC(C)C)no2)c1. The van der Waals surface area contributed by atoms with Crippen LogP contribution in [0.2, 0.25) is 0 Å². The molecule has 8 heteroatoms. The Balaban J connectivity index is 1.34. The molecule has 0 radical (unpaired) electrons. The van der Waals surface area contributed by atoms with Crippen LogP contribution in [0.3, 0.4) is 0 Å². The van der Waals surface area contributed by atoms with Crippen molar-refractivity contribution < 1.29 is 18.8 Å². The number of hydrogen-bond donors (Lipinski definition) is 0. The Morgan fingerprint density at radius 3 is 2.57 bits per heavy atom.